The van der Waals surface area contributed by atoms with E-state index in [-0.39, 0.29) is 0 Å². The Labute approximate surface area is 72.5 Å². The Bertz CT molecular complexity index is 279. The average molecular weight is 160 g/mol. The molecule has 0 atom stereocenters. The first-order valence-electron chi connectivity index (χ1n) is 4.13. The van der Waals surface area contributed by atoms with Crippen molar-refractivity contribution in [3.8, 4) is 0 Å². The molecular weight excluding hydrogens is 148 g/mol. The van der Waals surface area contributed by atoms with E-state index in [0.717, 1.165) is 18.9 Å². The van der Waals surface area contributed by atoms with E-state index in [1.807, 2.05) is 18.2 Å². The SMILES string of the molecule is C=C1NCCN1c1ccccc1. The van der Waals surface area contributed by atoms with E-state index < -0.39 is 0 Å². The Morgan fingerprint density at radius 2 is 2.00 bits per heavy atom. The standard InChI is InChI=1S/C10H12N2/c1-9-11-7-8-12(9)10-5-3-2-4-6-10/h2-6,11H,1,7-8H2. The summed E-state index contributed by atoms with van der Waals surface area (Å²) in [5, 5.41) is 3.20. The van der Waals surface area contributed by atoms with Crippen molar-refractivity contribution in [1.29, 1.82) is 0 Å². The molecule has 62 valence electrons. The van der Waals surface area contributed by atoms with Crippen LogP contribution < -0.4 is 10.2 Å². The van der Waals surface area contributed by atoms with Gasteiger partial charge in [-0.3, -0.25) is 0 Å². The molecule has 0 unspecified atom stereocenters. The first kappa shape index (κ1) is 7.22. The quantitative estimate of drug-likeness (QED) is 0.670. The number of rotatable bonds is 1. The molecule has 1 N–H and O–H groups in total. The van der Waals surface area contributed by atoms with Gasteiger partial charge in [0.25, 0.3) is 0 Å². The summed E-state index contributed by atoms with van der Waals surface area (Å²) < 4.78 is 0. The van der Waals surface area contributed by atoms with E-state index in [4.69, 9.17) is 0 Å². The Morgan fingerprint density at radius 1 is 1.25 bits per heavy atom. The van der Waals surface area contributed by atoms with Gasteiger partial charge < -0.3 is 10.2 Å². The van der Waals surface area contributed by atoms with E-state index in [9.17, 15) is 0 Å². The van der Waals surface area contributed by atoms with Crippen LogP contribution in [-0.2, 0) is 0 Å². The highest BCUT2D eigenvalue weighted by Crippen LogP contribution is 2.18. The van der Waals surface area contributed by atoms with Gasteiger partial charge >= 0.3 is 0 Å². The second-order valence-electron chi connectivity index (χ2n) is 2.86. The number of hydrogen-bond donors (Lipinski definition) is 1. The number of benzene rings is 1. The third kappa shape index (κ3) is 1.16. The molecule has 0 amide bonds. The lowest BCUT2D eigenvalue weighted by Gasteiger charge is -2.17. The normalized spacial score (nSPS) is 16.3. The molecule has 0 aliphatic carbocycles. The second-order valence-corrected chi connectivity index (χ2v) is 2.86. The molecule has 2 rings (SSSR count). The van der Waals surface area contributed by atoms with Gasteiger partial charge in [0.05, 0.1) is 5.82 Å². The highest BCUT2D eigenvalue weighted by molar-refractivity contribution is 5.52. The fourth-order valence-corrected chi connectivity index (χ4v) is 1.44. The number of para-hydroxylation sites is 1. The summed E-state index contributed by atoms with van der Waals surface area (Å²) in [6.07, 6.45) is 0. The molecule has 0 bridgehead atoms. The molecule has 0 radical (unpaired) electrons. The number of hydrogen-bond acceptors (Lipinski definition) is 2. The number of anilines is 1. The largest absolute Gasteiger partial charge is 0.370 e. The van der Waals surface area contributed by atoms with Crippen LogP contribution in [0, 0.1) is 0 Å². The first-order valence-corrected chi connectivity index (χ1v) is 4.13. The average Bonchev–Trinajstić information content (AvgIpc) is 2.53. The van der Waals surface area contributed by atoms with Gasteiger partial charge in [-0.2, -0.15) is 0 Å². The molecule has 1 aromatic rings. The van der Waals surface area contributed by atoms with E-state index in [0.29, 0.717) is 0 Å². The Morgan fingerprint density at radius 3 is 2.58 bits per heavy atom. The second kappa shape index (κ2) is 2.89. The summed E-state index contributed by atoms with van der Waals surface area (Å²) in [6.45, 7) is 5.94. The molecule has 0 aromatic heterocycles. The van der Waals surface area contributed by atoms with Crippen LogP contribution in [0.15, 0.2) is 42.7 Å². The van der Waals surface area contributed by atoms with Crippen LogP contribution in [0.25, 0.3) is 0 Å². The van der Waals surface area contributed by atoms with Crippen LogP contribution in [0.4, 0.5) is 5.69 Å². The minimum Gasteiger partial charge on any atom is -0.370 e. The lowest BCUT2D eigenvalue weighted by atomic mass is 10.3. The monoisotopic (exact) mass is 160 g/mol. The molecule has 2 nitrogen and oxygen atoms in total. The molecule has 2 heteroatoms. The van der Waals surface area contributed by atoms with Crippen LogP contribution in [0.5, 0.6) is 0 Å². The minimum absolute atomic E-state index is 0.994. The molecule has 0 saturated carbocycles. The summed E-state index contributed by atoms with van der Waals surface area (Å²) in [7, 11) is 0. The topological polar surface area (TPSA) is 15.3 Å². The zero-order valence-electron chi connectivity index (χ0n) is 6.96. The third-order valence-corrected chi connectivity index (χ3v) is 2.06. The van der Waals surface area contributed by atoms with Crippen molar-refractivity contribution >= 4 is 5.69 Å². The van der Waals surface area contributed by atoms with Crippen molar-refractivity contribution in [2.24, 2.45) is 0 Å². The van der Waals surface area contributed by atoms with Crippen molar-refractivity contribution < 1.29 is 0 Å². The Balaban J connectivity index is 2.25. The van der Waals surface area contributed by atoms with Gasteiger partial charge in [0, 0.05) is 18.8 Å². The van der Waals surface area contributed by atoms with E-state index in [1.165, 1.54) is 5.69 Å². The molecule has 0 spiro atoms. The van der Waals surface area contributed by atoms with Gasteiger partial charge in [-0.25, -0.2) is 0 Å². The van der Waals surface area contributed by atoms with Crippen LogP contribution >= 0.6 is 0 Å². The lowest BCUT2D eigenvalue weighted by molar-refractivity contribution is 0.950. The zero-order valence-corrected chi connectivity index (χ0v) is 6.96. The number of nitrogens with zero attached hydrogens (tertiary/aromatic N) is 1. The Hall–Kier alpha value is -1.44. The molecule has 1 heterocycles. The maximum atomic E-state index is 3.93. The molecule has 12 heavy (non-hydrogen) atoms. The van der Waals surface area contributed by atoms with E-state index in [1.54, 1.807) is 0 Å². The molecule has 1 saturated heterocycles. The van der Waals surface area contributed by atoms with E-state index >= 15 is 0 Å². The van der Waals surface area contributed by atoms with Gasteiger partial charge in [0.2, 0.25) is 0 Å². The molecule has 1 fully saturated rings. The van der Waals surface area contributed by atoms with E-state index in [2.05, 4.69) is 28.9 Å². The van der Waals surface area contributed by atoms with Crippen molar-refractivity contribution in [2.75, 3.05) is 18.0 Å². The highest BCUT2D eigenvalue weighted by atomic mass is 15.3. The highest BCUT2D eigenvalue weighted by Gasteiger charge is 2.14. The van der Waals surface area contributed by atoms with Crippen molar-refractivity contribution in [1.82, 2.24) is 5.32 Å². The van der Waals surface area contributed by atoms with Crippen molar-refractivity contribution in [3.05, 3.63) is 42.7 Å². The molecular formula is C10H12N2. The summed E-state index contributed by atoms with van der Waals surface area (Å²) in [5.74, 6) is 1.00. The zero-order chi connectivity index (χ0) is 8.39. The fourth-order valence-electron chi connectivity index (χ4n) is 1.44. The molecule has 1 aromatic carbocycles. The van der Waals surface area contributed by atoms with Crippen molar-refractivity contribution in [3.63, 3.8) is 0 Å². The van der Waals surface area contributed by atoms with Gasteiger partial charge in [0.1, 0.15) is 0 Å². The summed E-state index contributed by atoms with van der Waals surface area (Å²) in [4.78, 5) is 2.18. The van der Waals surface area contributed by atoms with Crippen LogP contribution in [0.2, 0.25) is 0 Å². The minimum atomic E-state index is 0.994. The first-order chi connectivity index (χ1) is 5.88. The van der Waals surface area contributed by atoms with Gasteiger partial charge in [0.15, 0.2) is 0 Å². The van der Waals surface area contributed by atoms with Gasteiger partial charge in [-0.1, -0.05) is 24.8 Å². The van der Waals surface area contributed by atoms with Gasteiger partial charge in [-0.05, 0) is 12.1 Å². The fraction of sp³-hybridized carbons (Fsp3) is 0.200. The maximum Gasteiger partial charge on any atom is 0.0985 e. The Kier molecular flexibility index (Phi) is 1.74. The van der Waals surface area contributed by atoms with Crippen LogP contribution in [-0.4, -0.2) is 13.1 Å². The lowest BCUT2D eigenvalue weighted by Crippen LogP contribution is -2.17. The van der Waals surface area contributed by atoms with Crippen LogP contribution in [0.1, 0.15) is 0 Å². The number of nitrogens with one attached hydrogen (secondary N) is 1. The third-order valence-electron chi connectivity index (χ3n) is 2.06. The summed E-state index contributed by atoms with van der Waals surface area (Å²) in [6, 6.07) is 10.3. The smallest absolute Gasteiger partial charge is 0.0985 e. The predicted molar refractivity (Wildman–Crippen MR) is 50.9 cm³/mol. The van der Waals surface area contributed by atoms with Gasteiger partial charge in [-0.15, -0.1) is 0 Å². The predicted octanol–water partition coefficient (Wildman–Crippen LogP) is 1.57. The van der Waals surface area contributed by atoms with Crippen molar-refractivity contribution in [2.45, 2.75) is 0 Å². The van der Waals surface area contributed by atoms with Crippen LogP contribution in [0.3, 0.4) is 0 Å². The summed E-state index contributed by atoms with van der Waals surface area (Å²) in [5.41, 5.74) is 1.22. The summed E-state index contributed by atoms with van der Waals surface area (Å²) >= 11 is 0. The molecule has 1 aliphatic heterocycles. The molecule has 1 aliphatic rings. The maximum absolute atomic E-state index is 3.93.